The minimum atomic E-state index is -5.22. The zero-order valence-electron chi connectivity index (χ0n) is 23.0. The first-order valence-corrected chi connectivity index (χ1v) is 13.5. The number of nitrogens with zero attached hydrogens (tertiary/aromatic N) is 2. The predicted octanol–water partition coefficient (Wildman–Crippen LogP) is 5.47. The molecule has 2 heterocycles. The molecule has 0 spiro atoms. The number of fused-ring (bicyclic) bond motifs is 1. The van der Waals surface area contributed by atoms with Crippen molar-refractivity contribution in [1.82, 2.24) is 9.47 Å². The van der Waals surface area contributed by atoms with Crippen LogP contribution in [0.15, 0.2) is 41.3 Å². The molecule has 1 fully saturated rings. The van der Waals surface area contributed by atoms with Crippen molar-refractivity contribution in [2.24, 2.45) is 5.92 Å². The summed E-state index contributed by atoms with van der Waals surface area (Å²) >= 11 is 5.98. The van der Waals surface area contributed by atoms with Crippen molar-refractivity contribution < 1.29 is 41.7 Å². The first kappa shape index (κ1) is 31.3. The molecular weight excluding hydrogens is 584 g/mol. The van der Waals surface area contributed by atoms with Crippen LogP contribution < -0.4 is 10.2 Å². The van der Waals surface area contributed by atoms with Crippen molar-refractivity contribution in [3.63, 3.8) is 0 Å². The zero-order chi connectivity index (χ0) is 30.9. The van der Waals surface area contributed by atoms with Crippen molar-refractivity contribution in [3.05, 3.63) is 74.3 Å². The third kappa shape index (κ3) is 6.70. The molecule has 1 aliphatic rings. The molecule has 4 rings (SSSR count). The fourth-order valence-corrected chi connectivity index (χ4v) is 5.19. The highest BCUT2D eigenvalue weighted by Gasteiger charge is 2.41. The number of likely N-dealkylation sites (tertiary alicyclic amines) is 1. The molecule has 2 atom stereocenters. The third-order valence-electron chi connectivity index (χ3n) is 7.24. The van der Waals surface area contributed by atoms with E-state index >= 15 is 0 Å². The number of ether oxygens (including phenoxy) is 2. The Balaban J connectivity index is 1.92. The van der Waals surface area contributed by atoms with Crippen LogP contribution in [-0.4, -0.2) is 65.5 Å². The Morgan fingerprint density at radius 3 is 2.50 bits per heavy atom. The Hall–Kier alpha value is -3.64. The number of esters is 1. The van der Waals surface area contributed by atoms with E-state index in [2.05, 4.69) is 9.64 Å². The number of likely N-dealkylation sites (N-methyl/N-ethyl adjacent to an activating group) is 1. The van der Waals surface area contributed by atoms with Gasteiger partial charge < -0.3 is 24.0 Å². The van der Waals surface area contributed by atoms with Crippen LogP contribution in [0.1, 0.15) is 47.8 Å². The van der Waals surface area contributed by atoms with Crippen LogP contribution in [0.4, 0.5) is 17.6 Å². The molecule has 1 saturated heterocycles. The van der Waals surface area contributed by atoms with Crippen molar-refractivity contribution in [2.45, 2.75) is 45.0 Å². The van der Waals surface area contributed by atoms with E-state index in [1.54, 1.807) is 19.9 Å². The highest BCUT2D eigenvalue weighted by molar-refractivity contribution is 6.30. The van der Waals surface area contributed by atoms with E-state index in [4.69, 9.17) is 16.3 Å². The number of aromatic nitrogens is 1. The molecule has 13 heteroatoms. The number of hydrogen-bond donors (Lipinski definition) is 1. The molecule has 226 valence electrons. The van der Waals surface area contributed by atoms with Gasteiger partial charge in [0.1, 0.15) is 29.8 Å². The fraction of sp³-hybridized carbons (Fsp3) is 0.414. The Labute approximate surface area is 243 Å². The number of halogens is 5. The molecule has 0 amide bonds. The number of carbonyl (C=O) groups excluding carboxylic acids is 1. The Bertz CT molecular complexity index is 1570. The predicted molar refractivity (Wildman–Crippen MR) is 147 cm³/mol. The van der Waals surface area contributed by atoms with E-state index in [0.717, 1.165) is 12.7 Å². The average Bonchev–Trinajstić information content (AvgIpc) is 3.31. The lowest BCUT2D eigenvalue weighted by molar-refractivity contribution is -0.201. The molecule has 2 aromatic carbocycles. The topological polar surface area (TPSA) is 98.1 Å². The Kier molecular flexibility index (Phi) is 9.17. The molecule has 42 heavy (non-hydrogen) atoms. The number of pyridine rings is 1. The maximum Gasteiger partial charge on any atom is 0.490 e. The number of aromatic carboxylic acids is 1. The van der Waals surface area contributed by atoms with Gasteiger partial charge in [-0.2, -0.15) is 13.2 Å². The summed E-state index contributed by atoms with van der Waals surface area (Å²) in [5.41, 5.74) is -0.730. The number of benzene rings is 2. The average molecular weight is 613 g/mol. The van der Waals surface area contributed by atoms with Crippen LogP contribution in [-0.2, 0) is 16.0 Å². The van der Waals surface area contributed by atoms with Gasteiger partial charge in [0, 0.05) is 37.2 Å². The van der Waals surface area contributed by atoms with E-state index in [0.29, 0.717) is 18.5 Å². The molecule has 1 N–H and O–H groups in total. The van der Waals surface area contributed by atoms with Gasteiger partial charge in [0.2, 0.25) is 5.43 Å². The molecule has 3 aromatic rings. The van der Waals surface area contributed by atoms with E-state index in [9.17, 15) is 37.1 Å². The summed E-state index contributed by atoms with van der Waals surface area (Å²) in [6.07, 6.45) is -3.80. The lowest BCUT2D eigenvalue weighted by Gasteiger charge is -2.27. The highest BCUT2D eigenvalue weighted by Crippen LogP contribution is 2.33. The quantitative estimate of drug-likeness (QED) is 0.253. The maximum atomic E-state index is 14.9. The summed E-state index contributed by atoms with van der Waals surface area (Å²) in [5, 5.41) is 9.62. The minimum Gasteiger partial charge on any atom is -0.489 e. The van der Waals surface area contributed by atoms with Crippen LogP contribution >= 0.6 is 11.6 Å². The normalized spacial score (nSPS) is 16.6. The van der Waals surface area contributed by atoms with Crippen molar-refractivity contribution >= 4 is 34.4 Å². The summed E-state index contributed by atoms with van der Waals surface area (Å²) in [5.74, 6) is -4.78. The van der Waals surface area contributed by atoms with E-state index in [1.165, 1.54) is 28.8 Å². The van der Waals surface area contributed by atoms with Crippen LogP contribution in [0, 0.1) is 11.7 Å². The summed E-state index contributed by atoms with van der Waals surface area (Å²) in [6, 6.07) is 6.41. The molecule has 0 aliphatic carbocycles. The van der Waals surface area contributed by atoms with Crippen molar-refractivity contribution in [3.8, 4) is 5.75 Å². The number of hydrogen-bond acceptors (Lipinski definition) is 6. The van der Waals surface area contributed by atoms with Gasteiger partial charge in [-0.05, 0) is 42.6 Å². The van der Waals surface area contributed by atoms with E-state index in [-0.39, 0.29) is 39.8 Å². The van der Waals surface area contributed by atoms with Gasteiger partial charge in [0.15, 0.2) is 0 Å². The zero-order valence-corrected chi connectivity index (χ0v) is 23.8. The van der Waals surface area contributed by atoms with Gasteiger partial charge in [-0.25, -0.2) is 14.0 Å². The van der Waals surface area contributed by atoms with Gasteiger partial charge in [-0.1, -0.05) is 37.6 Å². The molecule has 1 aliphatic heterocycles. The standard InChI is InChI=1S/C29H29ClF4N2O6/c1-15(2)23(14-41-28(40)29(32,33)34)36-13-20(27(38)39)26(37)19-10-17(9-16-5-4-6-21(30)25(16)31)24(11-22(19)36)42-18-7-8-35(3)12-18/h4-6,10-11,13,15,18,23H,7-9,12,14H2,1-3H3,(H,38,39)/t18-,23+/m0/s1. The fourth-order valence-electron chi connectivity index (χ4n) is 4.99. The highest BCUT2D eigenvalue weighted by atomic mass is 35.5. The van der Waals surface area contributed by atoms with Gasteiger partial charge in [-0.15, -0.1) is 0 Å². The second-order valence-electron chi connectivity index (χ2n) is 10.6. The molecule has 0 bridgehead atoms. The lowest BCUT2D eigenvalue weighted by Crippen LogP contribution is -2.31. The lowest BCUT2D eigenvalue weighted by atomic mass is 9.98. The maximum absolute atomic E-state index is 14.9. The third-order valence-corrected chi connectivity index (χ3v) is 7.53. The van der Waals surface area contributed by atoms with Gasteiger partial charge in [0.25, 0.3) is 0 Å². The SMILES string of the molecule is CC(C)[C@@H](COC(=O)C(F)(F)F)n1cc(C(=O)O)c(=O)c2cc(Cc3cccc(Cl)c3F)c(O[C@H]3CCN(C)C3)cc21. The molecule has 0 radical (unpaired) electrons. The molecule has 8 nitrogen and oxygen atoms in total. The number of carbonyl (C=O) groups is 2. The second kappa shape index (κ2) is 12.3. The number of alkyl halides is 3. The second-order valence-corrected chi connectivity index (χ2v) is 11.1. The summed E-state index contributed by atoms with van der Waals surface area (Å²) in [7, 11) is 1.92. The Morgan fingerprint density at radius 2 is 1.90 bits per heavy atom. The minimum absolute atomic E-state index is 0.0478. The van der Waals surface area contributed by atoms with Gasteiger partial charge in [0.05, 0.1) is 16.6 Å². The number of carboxylic acid groups (broad SMARTS) is 1. The monoisotopic (exact) mass is 612 g/mol. The van der Waals surface area contributed by atoms with E-state index < -0.39 is 53.5 Å². The molecule has 1 aromatic heterocycles. The van der Waals surface area contributed by atoms with Crippen LogP contribution in [0.2, 0.25) is 5.02 Å². The van der Waals surface area contributed by atoms with Crippen molar-refractivity contribution in [1.29, 1.82) is 0 Å². The van der Waals surface area contributed by atoms with E-state index in [1.807, 2.05) is 7.05 Å². The molecule has 0 saturated carbocycles. The summed E-state index contributed by atoms with van der Waals surface area (Å²) < 4.78 is 65.7. The van der Waals surface area contributed by atoms with Gasteiger partial charge >= 0.3 is 18.1 Å². The van der Waals surface area contributed by atoms with Crippen LogP contribution in [0.25, 0.3) is 10.9 Å². The van der Waals surface area contributed by atoms with Crippen LogP contribution in [0.5, 0.6) is 5.75 Å². The number of carboxylic acids is 1. The summed E-state index contributed by atoms with van der Waals surface area (Å²) in [4.78, 5) is 39.0. The smallest absolute Gasteiger partial charge is 0.489 e. The molecular formula is C29H29ClF4N2O6. The van der Waals surface area contributed by atoms with Crippen molar-refractivity contribution in [2.75, 3.05) is 26.7 Å². The first-order valence-electron chi connectivity index (χ1n) is 13.1. The Morgan fingerprint density at radius 1 is 1.19 bits per heavy atom. The first-order chi connectivity index (χ1) is 19.7. The van der Waals surface area contributed by atoms with Crippen LogP contribution in [0.3, 0.4) is 0 Å². The number of rotatable bonds is 9. The largest absolute Gasteiger partial charge is 0.490 e. The molecule has 0 unspecified atom stereocenters. The summed E-state index contributed by atoms with van der Waals surface area (Å²) in [6.45, 7) is 3.92. The van der Waals surface area contributed by atoms with Gasteiger partial charge in [-0.3, -0.25) is 4.79 Å².